The maximum absolute atomic E-state index is 12.5. The highest BCUT2D eigenvalue weighted by molar-refractivity contribution is 8.15. The van der Waals surface area contributed by atoms with E-state index in [1.807, 2.05) is 65.6 Å². The molecule has 0 aromatic heterocycles. The van der Waals surface area contributed by atoms with E-state index in [0.29, 0.717) is 11.7 Å². The number of carbonyl (C=O) groups excluding carboxylic acids is 1. The van der Waals surface area contributed by atoms with Gasteiger partial charge in [0.25, 0.3) is 5.91 Å². The molecule has 2 atom stereocenters. The van der Waals surface area contributed by atoms with E-state index in [1.54, 1.807) is 0 Å². The third-order valence-electron chi connectivity index (χ3n) is 4.79. The molecule has 0 radical (unpaired) electrons. The fourth-order valence-electron chi connectivity index (χ4n) is 3.52. The lowest BCUT2D eigenvalue weighted by Gasteiger charge is -2.24. The Morgan fingerprint density at radius 3 is 2.30 bits per heavy atom. The maximum Gasteiger partial charge on any atom is 0.252 e. The van der Waals surface area contributed by atoms with Gasteiger partial charge in [-0.3, -0.25) is 4.79 Å². The van der Waals surface area contributed by atoms with Crippen molar-refractivity contribution in [3.8, 4) is 0 Å². The molecule has 7 heteroatoms. The number of hydrogen-bond donors (Lipinski definition) is 0. The lowest BCUT2D eigenvalue weighted by Crippen LogP contribution is -2.37. The van der Waals surface area contributed by atoms with Crippen LogP contribution in [0.5, 0.6) is 0 Å². The molecule has 0 unspecified atom stereocenters. The van der Waals surface area contributed by atoms with Crippen LogP contribution in [-0.2, 0) is 27.6 Å². The second kappa shape index (κ2) is 7.48. The van der Waals surface area contributed by atoms with E-state index < -0.39 is 9.84 Å². The lowest BCUT2D eigenvalue weighted by molar-refractivity contribution is -0.117. The molecular formula is C20H20N2O3S2. The predicted octanol–water partition coefficient (Wildman–Crippen LogP) is 2.53. The van der Waals surface area contributed by atoms with Crippen LogP contribution >= 0.6 is 11.8 Å². The van der Waals surface area contributed by atoms with Gasteiger partial charge in [0.05, 0.1) is 24.0 Å². The van der Waals surface area contributed by atoms with Gasteiger partial charge in [0.2, 0.25) is 0 Å². The molecular weight excluding hydrogens is 380 g/mol. The number of amidine groups is 1. The van der Waals surface area contributed by atoms with E-state index in [9.17, 15) is 13.2 Å². The van der Waals surface area contributed by atoms with Crippen molar-refractivity contribution in [2.45, 2.75) is 24.3 Å². The van der Waals surface area contributed by atoms with Crippen molar-refractivity contribution in [1.29, 1.82) is 0 Å². The summed E-state index contributed by atoms with van der Waals surface area (Å²) in [6.07, 6.45) is 0.248. The first-order valence-corrected chi connectivity index (χ1v) is 11.5. The molecule has 2 saturated heterocycles. The van der Waals surface area contributed by atoms with Gasteiger partial charge in [-0.15, -0.1) is 0 Å². The minimum atomic E-state index is -3.03. The van der Waals surface area contributed by atoms with Gasteiger partial charge in [-0.2, -0.15) is 4.99 Å². The van der Waals surface area contributed by atoms with Crippen LogP contribution in [-0.4, -0.2) is 47.2 Å². The molecule has 0 saturated carbocycles. The Balaban J connectivity index is 1.57. The zero-order valence-electron chi connectivity index (χ0n) is 14.7. The summed E-state index contributed by atoms with van der Waals surface area (Å²) in [6, 6.07) is 19.3. The van der Waals surface area contributed by atoms with Crippen LogP contribution in [0.25, 0.3) is 0 Å². The number of carbonyl (C=O) groups is 1. The summed E-state index contributed by atoms with van der Waals surface area (Å²) in [5, 5.41) is 0.590. The number of aliphatic imine (C=N–C) groups is 1. The monoisotopic (exact) mass is 400 g/mol. The topological polar surface area (TPSA) is 66.8 Å². The van der Waals surface area contributed by atoms with Crippen molar-refractivity contribution in [2.24, 2.45) is 4.99 Å². The van der Waals surface area contributed by atoms with Gasteiger partial charge in [-0.1, -0.05) is 72.4 Å². The van der Waals surface area contributed by atoms with E-state index in [-0.39, 0.29) is 35.1 Å². The van der Waals surface area contributed by atoms with Crippen molar-refractivity contribution in [2.75, 3.05) is 11.5 Å². The van der Waals surface area contributed by atoms with Gasteiger partial charge < -0.3 is 4.90 Å². The first kappa shape index (κ1) is 18.3. The summed E-state index contributed by atoms with van der Waals surface area (Å²) in [7, 11) is -3.03. The standard InChI is InChI=1S/C20H20N2O3S2/c23-19(11-15-7-3-1-4-8-15)21-20-22(12-16-9-5-2-6-10-16)17-13-27(24,25)14-18(17)26-20/h1-10,17-18H,11-14H2/t17-,18+/m1/s1. The van der Waals surface area contributed by atoms with E-state index in [2.05, 4.69) is 4.99 Å². The molecule has 2 aromatic carbocycles. The molecule has 1 amide bonds. The predicted molar refractivity (Wildman–Crippen MR) is 108 cm³/mol. The van der Waals surface area contributed by atoms with Gasteiger partial charge in [0.1, 0.15) is 0 Å². The quantitative estimate of drug-likeness (QED) is 0.789. The van der Waals surface area contributed by atoms with Crippen LogP contribution in [0.15, 0.2) is 65.7 Å². The number of amides is 1. The minimum absolute atomic E-state index is 0.0537. The summed E-state index contributed by atoms with van der Waals surface area (Å²) in [4.78, 5) is 18.8. The fourth-order valence-corrected chi connectivity index (χ4v) is 7.49. The number of benzene rings is 2. The maximum atomic E-state index is 12.5. The Labute approximate surface area is 163 Å². The SMILES string of the molecule is O=C(Cc1ccccc1)N=C1S[C@H]2CS(=O)(=O)C[C@H]2N1Cc1ccccc1. The number of hydrogen-bond acceptors (Lipinski definition) is 4. The van der Waals surface area contributed by atoms with Crippen molar-refractivity contribution in [1.82, 2.24) is 4.90 Å². The Hall–Kier alpha value is -2.12. The zero-order chi connectivity index (χ0) is 18.9. The first-order chi connectivity index (χ1) is 13.0. The average molecular weight is 401 g/mol. The molecule has 0 bridgehead atoms. The normalized spacial score (nSPS) is 24.9. The highest BCUT2D eigenvalue weighted by Gasteiger charge is 2.48. The van der Waals surface area contributed by atoms with Gasteiger partial charge in [0, 0.05) is 11.8 Å². The van der Waals surface area contributed by atoms with Crippen molar-refractivity contribution >= 4 is 32.7 Å². The second-order valence-corrected chi connectivity index (χ2v) is 10.2. The largest absolute Gasteiger partial charge is 0.342 e. The van der Waals surface area contributed by atoms with Crippen LogP contribution < -0.4 is 0 Å². The summed E-state index contributed by atoms with van der Waals surface area (Å²) in [5.74, 6) is 0.0766. The molecule has 2 aromatic rings. The number of rotatable bonds is 4. The molecule has 2 aliphatic rings. The Kier molecular flexibility index (Phi) is 5.06. The molecule has 0 aliphatic carbocycles. The molecule has 2 aliphatic heterocycles. The Morgan fingerprint density at radius 2 is 1.63 bits per heavy atom. The third kappa shape index (κ3) is 4.25. The molecule has 2 heterocycles. The number of fused-ring (bicyclic) bond motifs is 1. The van der Waals surface area contributed by atoms with Crippen LogP contribution in [0.1, 0.15) is 11.1 Å². The first-order valence-electron chi connectivity index (χ1n) is 8.83. The number of thioether (sulfide) groups is 1. The molecule has 0 N–H and O–H groups in total. The van der Waals surface area contributed by atoms with Crippen LogP contribution in [0.3, 0.4) is 0 Å². The molecule has 4 rings (SSSR count). The minimum Gasteiger partial charge on any atom is -0.342 e. The van der Waals surface area contributed by atoms with E-state index in [1.165, 1.54) is 11.8 Å². The molecule has 27 heavy (non-hydrogen) atoms. The van der Waals surface area contributed by atoms with Crippen molar-refractivity contribution in [3.05, 3.63) is 71.8 Å². The highest BCUT2D eigenvalue weighted by atomic mass is 32.2. The van der Waals surface area contributed by atoms with Gasteiger partial charge in [0.15, 0.2) is 15.0 Å². The second-order valence-electron chi connectivity index (χ2n) is 6.86. The van der Waals surface area contributed by atoms with Gasteiger partial charge in [-0.05, 0) is 11.1 Å². The molecule has 140 valence electrons. The molecule has 0 spiro atoms. The summed E-state index contributed by atoms with van der Waals surface area (Å²) in [6.45, 7) is 0.558. The van der Waals surface area contributed by atoms with Crippen molar-refractivity contribution < 1.29 is 13.2 Å². The number of nitrogens with zero attached hydrogens (tertiary/aromatic N) is 2. The lowest BCUT2D eigenvalue weighted by atomic mass is 10.1. The average Bonchev–Trinajstić information content (AvgIpc) is 3.09. The third-order valence-corrected chi connectivity index (χ3v) is 8.04. The Morgan fingerprint density at radius 1 is 1.00 bits per heavy atom. The highest BCUT2D eigenvalue weighted by Crippen LogP contribution is 2.39. The van der Waals surface area contributed by atoms with Gasteiger partial charge >= 0.3 is 0 Å². The molecule has 5 nitrogen and oxygen atoms in total. The Bertz CT molecular complexity index is 959. The van der Waals surface area contributed by atoms with E-state index >= 15 is 0 Å². The van der Waals surface area contributed by atoms with Gasteiger partial charge in [-0.25, -0.2) is 8.42 Å². The van der Waals surface area contributed by atoms with E-state index in [0.717, 1.165) is 11.1 Å². The van der Waals surface area contributed by atoms with Crippen LogP contribution in [0.2, 0.25) is 0 Å². The van der Waals surface area contributed by atoms with Crippen LogP contribution in [0, 0.1) is 0 Å². The number of sulfone groups is 1. The smallest absolute Gasteiger partial charge is 0.252 e. The van der Waals surface area contributed by atoms with Crippen molar-refractivity contribution in [3.63, 3.8) is 0 Å². The summed E-state index contributed by atoms with van der Waals surface area (Å²) >= 11 is 1.43. The fraction of sp³-hybridized carbons (Fsp3) is 0.300. The van der Waals surface area contributed by atoms with E-state index in [4.69, 9.17) is 0 Å². The summed E-state index contributed by atoms with van der Waals surface area (Å²) in [5.41, 5.74) is 2.00. The van der Waals surface area contributed by atoms with Crippen LogP contribution in [0.4, 0.5) is 0 Å². The zero-order valence-corrected chi connectivity index (χ0v) is 16.3. The summed E-state index contributed by atoms with van der Waals surface area (Å²) < 4.78 is 24.1. The molecule has 2 fully saturated rings.